The SMILES string of the molecule is C=C(NNC(=O)CCCCC)c1ccc(O)cc1O. The lowest BCUT2D eigenvalue weighted by Gasteiger charge is -2.12. The van der Waals surface area contributed by atoms with Crippen molar-refractivity contribution in [3.05, 3.63) is 30.3 Å². The second-order valence-corrected chi connectivity index (χ2v) is 4.31. The molecule has 4 N–H and O–H groups in total. The third kappa shape index (κ3) is 4.91. The van der Waals surface area contributed by atoms with Gasteiger partial charge in [-0.25, -0.2) is 0 Å². The van der Waals surface area contributed by atoms with E-state index >= 15 is 0 Å². The Hall–Kier alpha value is -2.17. The minimum atomic E-state index is -0.118. The van der Waals surface area contributed by atoms with E-state index in [4.69, 9.17) is 0 Å². The summed E-state index contributed by atoms with van der Waals surface area (Å²) in [7, 11) is 0. The number of benzene rings is 1. The van der Waals surface area contributed by atoms with Gasteiger partial charge in [0.15, 0.2) is 0 Å². The zero-order valence-corrected chi connectivity index (χ0v) is 11.1. The Labute approximate surface area is 112 Å². The third-order valence-corrected chi connectivity index (χ3v) is 2.67. The van der Waals surface area contributed by atoms with Crippen molar-refractivity contribution in [2.45, 2.75) is 32.6 Å². The molecule has 0 aliphatic carbocycles. The lowest BCUT2D eigenvalue weighted by atomic mass is 10.1. The Morgan fingerprint density at radius 1 is 1.26 bits per heavy atom. The van der Waals surface area contributed by atoms with E-state index in [0.29, 0.717) is 17.7 Å². The topological polar surface area (TPSA) is 81.6 Å². The minimum Gasteiger partial charge on any atom is -0.508 e. The Morgan fingerprint density at radius 2 is 2.00 bits per heavy atom. The smallest absolute Gasteiger partial charge is 0.238 e. The highest BCUT2D eigenvalue weighted by molar-refractivity contribution is 5.77. The summed E-state index contributed by atoms with van der Waals surface area (Å²) in [5.41, 5.74) is 5.96. The molecule has 0 saturated carbocycles. The van der Waals surface area contributed by atoms with Crippen molar-refractivity contribution >= 4 is 11.6 Å². The second-order valence-electron chi connectivity index (χ2n) is 4.31. The molecule has 0 heterocycles. The maximum atomic E-state index is 11.5. The first-order chi connectivity index (χ1) is 9.04. The fourth-order valence-corrected chi connectivity index (χ4v) is 1.59. The predicted molar refractivity (Wildman–Crippen MR) is 74.2 cm³/mol. The molecule has 104 valence electrons. The summed E-state index contributed by atoms with van der Waals surface area (Å²) >= 11 is 0. The standard InChI is InChI=1S/C14H20N2O3/c1-3-4-5-6-14(19)16-15-10(2)12-8-7-11(17)9-13(12)18/h7-9,15,17-18H,2-6H2,1H3,(H,16,19). The van der Waals surface area contributed by atoms with Crippen molar-refractivity contribution in [1.29, 1.82) is 0 Å². The summed E-state index contributed by atoms with van der Waals surface area (Å²) in [5, 5.41) is 18.8. The molecule has 1 amide bonds. The van der Waals surface area contributed by atoms with Crippen LogP contribution >= 0.6 is 0 Å². The number of carbonyl (C=O) groups is 1. The normalized spacial score (nSPS) is 9.95. The number of hydrogen-bond donors (Lipinski definition) is 4. The van der Waals surface area contributed by atoms with Crippen LogP contribution in [0.15, 0.2) is 24.8 Å². The number of unbranched alkanes of at least 4 members (excludes halogenated alkanes) is 2. The lowest BCUT2D eigenvalue weighted by Crippen LogP contribution is -2.35. The second kappa shape index (κ2) is 7.31. The Bertz CT molecular complexity index is 458. The molecule has 0 fully saturated rings. The molecule has 0 radical (unpaired) electrons. The van der Waals surface area contributed by atoms with Crippen molar-refractivity contribution in [1.82, 2.24) is 10.9 Å². The fourth-order valence-electron chi connectivity index (χ4n) is 1.59. The van der Waals surface area contributed by atoms with Gasteiger partial charge >= 0.3 is 0 Å². The van der Waals surface area contributed by atoms with E-state index < -0.39 is 0 Å². The molecule has 0 atom stereocenters. The largest absolute Gasteiger partial charge is 0.508 e. The van der Waals surface area contributed by atoms with E-state index in [-0.39, 0.29) is 17.4 Å². The Balaban J connectivity index is 2.45. The first kappa shape index (κ1) is 14.9. The summed E-state index contributed by atoms with van der Waals surface area (Å²) in [4.78, 5) is 11.5. The highest BCUT2D eigenvalue weighted by Crippen LogP contribution is 2.26. The quantitative estimate of drug-likeness (QED) is 0.450. The number of phenols is 2. The predicted octanol–water partition coefficient (Wildman–Crippen LogP) is 2.27. The number of phenolic OH excluding ortho intramolecular Hbond substituents is 2. The zero-order valence-electron chi connectivity index (χ0n) is 11.1. The van der Waals surface area contributed by atoms with E-state index in [2.05, 4.69) is 24.4 Å². The van der Waals surface area contributed by atoms with Crippen LogP contribution < -0.4 is 10.9 Å². The molecular formula is C14H20N2O3. The highest BCUT2D eigenvalue weighted by atomic mass is 16.3. The van der Waals surface area contributed by atoms with Gasteiger partial charge in [0.25, 0.3) is 0 Å². The summed E-state index contributed by atoms with van der Waals surface area (Å²) in [5.74, 6) is -0.247. The van der Waals surface area contributed by atoms with E-state index in [1.54, 1.807) is 0 Å². The molecular weight excluding hydrogens is 244 g/mol. The van der Waals surface area contributed by atoms with Gasteiger partial charge in [0.1, 0.15) is 11.5 Å². The van der Waals surface area contributed by atoms with Crippen LogP contribution in [0.4, 0.5) is 0 Å². The number of amides is 1. The lowest BCUT2D eigenvalue weighted by molar-refractivity contribution is -0.121. The number of rotatable bonds is 7. The number of hydrazine groups is 1. The first-order valence-electron chi connectivity index (χ1n) is 6.30. The molecule has 19 heavy (non-hydrogen) atoms. The molecule has 0 saturated heterocycles. The van der Waals surface area contributed by atoms with Crippen LogP contribution in [0.3, 0.4) is 0 Å². The molecule has 0 aromatic heterocycles. The molecule has 1 rings (SSSR count). The Kier molecular flexibility index (Phi) is 5.73. The molecule has 1 aromatic rings. The molecule has 5 nitrogen and oxygen atoms in total. The van der Waals surface area contributed by atoms with Crippen LogP contribution in [0.1, 0.15) is 38.2 Å². The van der Waals surface area contributed by atoms with Crippen LogP contribution in [0.2, 0.25) is 0 Å². The van der Waals surface area contributed by atoms with Gasteiger partial charge in [0, 0.05) is 18.1 Å². The number of carbonyl (C=O) groups excluding carboxylic acids is 1. The van der Waals surface area contributed by atoms with Gasteiger partial charge in [-0.05, 0) is 18.6 Å². The van der Waals surface area contributed by atoms with Crippen molar-refractivity contribution in [2.24, 2.45) is 0 Å². The van der Waals surface area contributed by atoms with Crippen LogP contribution in [-0.2, 0) is 4.79 Å². The van der Waals surface area contributed by atoms with Crippen molar-refractivity contribution < 1.29 is 15.0 Å². The molecule has 0 aliphatic rings. The van der Waals surface area contributed by atoms with Crippen molar-refractivity contribution in [3.63, 3.8) is 0 Å². The van der Waals surface area contributed by atoms with E-state index in [1.807, 2.05) is 0 Å². The van der Waals surface area contributed by atoms with Crippen molar-refractivity contribution in [3.8, 4) is 11.5 Å². The van der Waals surface area contributed by atoms with Gasteiger partial charge in [0.2, 0.25) is 5.91 Å². The van der Waals surface area contributed by atoms with Crippen LogP contribution in [-0.4, -0.2) is 16.1 Å². The van der Waals surface area contributed by atoms with Crippen LogP contribution in [0.5, 0.6) is 11.5 Å². The number of hydrogen-bond acceptors (Lipinski definition) is 4. The summed E-state index contributed by atoms with van der Waals surface area (Å²) in [6.45, 7) is 5.79. The molecule has 0 unspecified atom stereocenters. The van der Waals surface area contributed by atoms with Crippen molar-refractivity contribution in [2.75, 3.05) is 0 Å². The number of nitrogens with one attached hydrogen (secondary N) is 2. The van der Waals surface area contributed by atoms with Gasteiger partial charge in [-0.15, -0.1) is 0 Å². The highest BCUT2D eigenvalue weighted by Gasteiger charge is 2.07. The van der Waals surface area contributed by atoms with Gasteiger partial charge in [-0.2, -0.15) is 0 Å². The summed E-state index contributed by atoms with van der Waals surface area (Å²) in [6.07, 6.45) is 3.39. The van der Waals surface area contributed by atoms with Gasteiger partial charge in [0.05, 0.1) is 5.70 Å². The molecule has 1 aromatic carbocycles. The number of aromatic hydroxyl groups is 2. The molecule has 0 spiro atoms. The molecule has 0 bridgehead atoms. The monoisotopic (exact) mass is 264 g/mol. The van der Waals surface area contributed by atoms with Gasteiger partial charge in [-0.1, -0.05) is 26.3 Å². The minimum absolute atomic E-state index is 0.0300. The van der Waals surface area contributed by atoms with Crippen LogP contribution in [0.25, 0.3) is 5.70 Å². The maximum absolute atomic E-state index is 11.5. The third-order valence-electron chi connectivity index (χ3n) is 2.67. The first-order valence-corrected chi connectivity index (χ1v) is 6.30. The van der Waals surface area contributed by atoms with Gasteiger partial charge < -0.3 is 10.2 Å². The van der Waals surface area contributed by atoms with E-state index in [0.717, 1.165) is 19.3 Å². The fraction of sp³-hybridized carbons (Fsp3) is 0.357. The zero-order chi connectivity index (χ0) is 14.3. The van der Waals surface area contributed by atoms with Gasteiger partial charge in [-0.3, -0.25) is 15.6 Å². The Morgan fingerprint density at radius 3 is 2.63 bits per heavy atom. The summed E-state index contributed by atoms with van der Waals surface area (Å²) < 4.78 is 0. The van der Waals surface area contributed by atoms with E-state index in [1.165, 1.54) is 18.2 Å². The van der Waals surface area contributed by atoms with Crippen LogP contribution in [0, 0.1) is 0 Å². The summed E-state index contributed by atoms with van der Waals surface area (Å²) in [6, 6.07) is 4.17. The molecule has 5 heteroatoms. The van der Waals surface area contributed by atoms with E-state index in [9.17, 15) is 15.0 Å². The average Bonchev–Trinajstić information content (AvgIpc) is 2.36. The average molecular weight is 264 g/mol. The maximum Gasteiger partial charge on any atom is 0.238 e. The molecule has 0 aliphatic heterocycles.